The summed E-state index contributed by atoms with van der Waals surface area (Å²) >= 11 is 0. The first-order valence-electron chi connectivity index (χ1n) is 3.94. The molecule has 0 unspecified atom stereocenters. The van der Waals surface area contributed by atoms with E-state index in [2.05, 4.69) is 14.2 Å². The van der Waals surface area contributed by atoms with Gasteiger partial charge in [-0.2, -0.15) is 0 Å². The summed E-state index contributed by atoms with van der Waals surface area (Å²) in [5, 5.41) is 24.9. The minimum Gasteiger partial charge on any atom is -0.389 e. The van der Waals surface area contributed by atoms with Crippen molar-refractivity contribution in [1.82, 2.24) is 0 Å². The fraction of sp³-hybridized carbons (Fsp3) is 0.571. The van der Waals surface area contributed by atoms with Gasteiger partial charge in [0.25, 0.3) is 0 Å². The van der Waals surface area contributed by atoms with Crippen LogP contribution in [0.15, 0.2) is 0 Å². The van der Waals surface area contributed by atoms with Crippen molar-refractivity contribution in [1.29, 1.82) is 0 Å². The van der Waals surface area contributed by atoms with Crippen LogP contribution in [0.4, 0.5) is 0 Å². The maximum Gasteiger partial charge on any atom is 0.413 e. The Bertz CT molecular complexity index is 218. The van der Waals surface area contributed by atoms with Gasteiger partial charge in [-0.15, -0.1) is 0 Å². The largest absolute Gasteiger partial charge is 0.413 e. The van der Waals surface area contributed by atoms with Crippen LogP contribution in [0.2, 0.25) is 0 Å². The number of hydrogen-bond acceptors (Lipinski definition) is 9. The Balaban J connectivity index is 4.31. The second-order valence-corrected chi connectivity index (χ2v) is 2.23. The van der Waals surface area contributed by atoms with Crippen LogP contribution in [-0.2, 0) is 28.6 Å². The Hall–Kier alpha value is -1.71. The molecule has 0 spiro atoms. The molecular formula is C7H10O9. The molecule has 0 atom stereocenters. The van der Waals surface area contributed by atoms with Crippen LogP contribution in [0.5, 0.6) is 0 Å². The maximum atomic E-state index is 10.6. The van der Waals surface area contributed by atoms with Crippen molar-refractivity contribution < 1.29 is 43.9 Å². The van der Waals surface area contributed by atoms with Gasteiger partial charge in [-0.05, 0) is 0 Å². The van der Waals surface area contributed by atoms with Crippen molar-refractivity contribution in [2.24, 2.45) is 0 Å². The van der Waals surface area contributed by atoms with Crippen LogP contribution in [0.25, 0.3) is 0 Å². The molecule has 0 aliphatic carbocycles. The Morgan fingerprint density at radius 2 is 1.00 bits per heavy atom. The summed E-state index contributed by atoms with van der Waals surface area (Å²) in [6.45, 7) is -5.13. The van der Waals surface area contributed by atoms with Crippen molar-refractivity contribution >= 4 is 17.9 Å². The second kappa shape index (κ2) is 7.56. The number of carbonyl (C=O) groups excluding carboxylic acids is 3. The third-order valence-electron chi connectivity index (χ3n) is 1.07. The van der Waals surface area contributed by atoms with E-state index in [1.165, 1.54) is 0 Å². The third-order valence-corrected chi connectivity index (χ3v) is 1.07. The molecular weight excluding hydrogens is 228 g/mol. The molecule has 0 aromatic carbocycles. The number of hydrogen-bond donors (Lipinski definition) is 3. The fourth-order valence-corrected chi connectivity index (χ4v) is 0.506. The summed E-state index contributed by atoms with van der Waals surface area (Å²) in [6, 6.07) is 0. The van der Waals surface area contributed by atoms with Gasteiger partial charge in [0.1, 0.15) is 19.8 Å². The number of ether oxygens (including phenoxy) is 3. The van der Waals surface area contributed by atoms with Crippen LogP contribution in [-0.4, -0.2) is 59.5 Å². The predicted molar refractivity (Wildman–Crippen MR) is 43.3 cm³/mol. The van der Waals surface area contributed by atoms with E-state index in [9.17, 15) is 14.4 Å². The van der Waals surface area contributed by atoms with Gasteiger partial charge >= 0.3 is 24.4 Å². The van der Waals surface area contributed by atoms with Gasteiger partial charge in [0.05, 0.1) is 0 Å². The molecule has 0 heterocycles. The highest BCUT2D eigenvalue weighted by Crippen LogP contribution is 1.99. The van der Waals surface area contributed by atoms with Crippen molar-refractivity contribution in [3.63, 3.8) is 0 Å². The lowest BCUT2D eigenvalue weighted by Gasteiger charge is -2.16. The lowest BCUT2D eigenvalue weighted by atomic mass is 10.7. The number of aliphatic hydroxyl groups is 3. The average Bonchev–Trinajstić information content (AvgIpc) is 2.28. The highest BCUT2D eigenvalue weighted by Gasteiger charge is 2.22. The molecule has 3 N–H and O–H groups in total. The lowest BCUT2D eigenvalue weighted by Crippen LogP contribution is -2.32. The summed E-state index contributed by atoms with van der Waals surface area (Å²) in [5.41, 5.74) is 0. The zero-order valence-electron chi connectivity index (χ0n) is 7.99. The van der Waals surface area contributed by atoms with Crippen LogP contribution in [0, 0.1) is 0 Å². The zero-order chi connectivity index (χ0) is 12.6. The molecule has 0 amide bonds. The van der Waals surface area contributed by atoms with Crippen LogP contribution in [0.1, 0.15) is 0 Å². The Kier molecular flexibility index (Phi) is 6.76. The van der Waals surface area contributed by atoms with E-state index < -0.39 is 44.2 Å². The molecule has 92 valence electrons. The Morgan fingerprint density at radius 3 is 1.19 bits per heavy atom. The summed E-state index contributed by atoms with van der Waals surface area (Å²) in [4.78, 5) is 31.7. The SMILES string of the molecule is O=C(CO)OC(OC(=O)CO)OC(=O)CO. The summed E-state index contributed by atoms with van der Waals surface area (Å²) in [6.07, 6.45) is 0. The van der Waals surface area contributed by atoms with E-state index in [-0.39, 0.29) is 0 Å². The molecule has 0 aliphatic heterocycles. The molecule has 0 aromatic rings. The molecule has 0 bridgehead atoms. The van der Waals surface area contributed by atoms with Gasteiger partial charge in [-0.25, -0.2) is 14.4 Å². The topological polar surface area (TPSA) is 140 Å². The first-order chi connectivity index (χ1) is 7.53. The zero-order valence-corrected chi connectivity index (χ0v) is 7.99. The van der Waals surface area contributed by atoms with E-state index in [0.717, 1.165) is 0 Å². The highest BCUT2D eigenvalue weighted by molar-refractivity contribution is 5.74. The molecule has 0 aliphatic rings. The average molecular weight is 238 g/mol. The van der Waals surface area contributed by atoms with Crippen LogP contribution < -0.4 is 0 Å². The van der Waals surface area contributed by atoms with Gasteiger partial charge in [0, 0.05) is 0 Å². The first-order valence-corrected chi connectivity index (χ1v) is 3.94. The van der Waals surface area contributed by atoms with Crippen LogP contribution >= 0.6 is 0 Å². The lowest BCUT2D eigenvalue weighted by molar-refractivity contribution is -0.260. The minimum absolute atomic E-state index is 1.02. The molecule has 0 radical (unpaired) electrons. The van der Waals surface area contributed by atoms with E-state index in [1.807, 2.05) is 0 Å². The van der Waals surface area contributed by atoms with Crippen LogP contribution in [0.3, 0.4) is 0 Å². The van der Waals surface area contributed by atoms with Crippen molar-refractivity contribution in [2.45, 2.75) is 6.48 Å². The highest BCUT2D eigenvalue weighted by atomic mass is 16.9. The quantitative estimate of drug-likeness (QED) is 0.323. The smallest absolute Gasteiger partial charge is 0.389 e. The molecule has 9 nitrogen and oxygen atoms in total. The summed E-state index contributed by atoms with van der Waals surface area (Å²) < 4.78 is 12.4. The molecule has 0 aromatic heterocycles. The van der Waals surface area contributed by atoms with Gasteiger partial charge in [0.2, 0.25) is 0 Å². The van der Waals surface area contributed by atoms with Crippen molar-refractivity contribution in [2.75, 3.05) is 19.8 Å². The Labute approximate surface area is 89.1 Å². The minimum atomic E-state index is -2.06. The summed E-state index contributed by atoms with van der Waals surface area (Å²) in [7, 11) is 0. The predicted octanol–water partition coefficient (Wildman–Crippen LogP) is -3.12. The first kappa shape index (κ1) is 14.3. The fourth-order valence-electron chi connectivity index (χ4n) is 0.506. The second-order valence-electron chi connectivity index (χ2n) is 2.23. The number of aliphatic hydroxyl groups excluding tert-OH is 3. The monoisotopic (exact) mass is 238 g/mol. The number of carbonyl (C=O) groups is 3. The number of esters is 3. The third kappa shape index (κ3) is 5.90. The van der Waals surface area contributed by atoms with Gasteiger partial charge < -0.3 is 29.5 Å². The molecule has 0 rings (SSSR count). The van der Waals surface area contributed by atoms with E-state index in [4.69, 9.17) is 15.3 Å². The van der Waals surface area contributed by atoms with Crippen molar-refractivity contribution in [3.05, 3.63) is 0 Å². The maximum absolute atomic E-state index is 10.6. The van der Waals surface area contributed by atoms with E-state index in [1.54, 1.807) is 0 Å². The normalized spacial score (nSPS) is 9.75. The molecule has 0 fully saturated rings. The van der Waals surface area contributed by atoms with Gasteiger partial charge in [-0.1, -0.05) is 0 Å². The molecule has 9 heteroatoms. The molecule has 16 heavy (non-hydrogen) atoms. The summed E-state index contributed by atoms with van der Waals surface area (Å²) in [5.74, 6) is -3.66. The molecule has 0 saturated heterocycles. The standard InChI is InChI=1S/C7H10O9/c8-1-4(11)14-7(15-5(12)2-9)16-6(13)3-10/h7-10H,1-3H2. The number of rotatable bonds is 6. The van der Waals surface area contributed by atoms with Gasteiger partial charge in [0.15, 0.2) is 0 Å². The van der Waals surface area contributed by atoms with Gasteiger partial charge in [-0.3, -0.25) is 0 Å². The van der Waals surface area contributed by atoms with E-state index >= 15 is 0 Å². The van der Waals surface area contributed by atoms with E-state index in [0.29, 0.717) is 0 Å². The molecule has 0 saturated carbocycles. The van der Waals surface area contributed by atoms with Crippen molar-refractivity contribution in [3.8, 4) is 0 Å². The Morgan fingerprint density at radius 1 is 0.750 bits per heavy atom.